The van der Waals surface area contributed by atoms with Gasteiger partial charge in [0.15, 0.2) is 0 Å². The Bertz CT molecular complexity index is 689. The summed E-state index contributed by atoms with van der Waals surface area (Å²) in [7, 11) is -3.66. The summed E-state index contributed by atoms with van der Waals surface area (Å²) >= 11 is 4.66. The first-order valence-electron chi connectivity index (χ1n) is 6.30. The molecule has 0 aliphatic heterocycles. The number of rotatable bonds is 7. The van der Waals surface area contributed by atoms with E-state index in [1.165, 1.54) is 17.4 Å². The molecule has 0 unspecified atom stereocenters. The molecule has 114 valence electrons. The molecule has 2 aromatic heterocycles. The van der Waals surface area contributed by atoms with Crippen molar-refractivity contribution in [3.05, 3.63) is 33.3 Å². The van der Waals surface area contributed by atoms with Crippen LogP contribution in [0.1, 0.15) is 18.4 Å². The number of halogens is 1. The highest BCUT2D eigenvalue weighted by Crippen LogP contribution is 2.23. The minimum atomic E-state index is -3.66. The molecule has 0 spiro atoms. The minimum Gasteiger partial charge on any atom is -0.369 e. The van der Waals surface area contributed by atoms with Crippen LogP contribution in [-0.2, 0) is 16.6 Å². The normalized spacial score (nSPS) is 11.5. The molecule has 2 heterocycles. The van der Waals surface area contributed by atoms with E-state index in [4.69, 9.17) is 0 Å². The number of nitrogens with zero attached hydrogens (tertiary/aromatic N) is 2. The Morgan fingerprint density at radius 2 is 2.19 bits per heavy atom. The van der Waals surface area contributed by atoms with Crippen LogP contribution in [0.15, 0.2) is 33.2 Å². The van der Waals surface area contributed by atoms with E-state index in [0.717, 1.165) is 6.42 Å². The van der Waals surface area contributed by atoms with Crippen molar-refractivity contribution in [3.8, 4) is 0 Å². The van der Waals surface area contributed by atoms with Gasteiger partial charge in [0.1, 0.15) is 15.7 Å². The number of thiazole rings is 1. The molecule has 0 aliphatic rings. The van der Waals surface area contributed by atoms with Crippen molar-refractivity contribution in [1.29, 1.82) is 0 Å². The molecule has 0 radical (unpaired) electrons. The third kappa shape index (κ3) is 4.47. The number of hydrogen-bond acceptors (Lipinski definition) is 6. The predicted octanol–water partition coefficient (Wildman–Crippen LogP) is 2.60. The van der Waals surface area contributed by atoms with Gasteiger partial charge in [-0.3, -0.25) is 0 Å². The van der Waals surface area contributed by atoms with Gasteiger partial charge in [0, 0.05) is 28.8 Å². The van der Waals surface area contributed by atoms with Crippen LogP contribution >= 0.6 is 27.3 Å². The molecule has 2 rings (SSSR count). The summed E-state index contributed by atoms with van der Waals surface area (Å²) in [5, 5.41) is 5.54. The lowest BCUT2D eigenvalue weighted by Gasteiger charge is -2.12. The Morgan fingerprint density at radius 1 is 1.38 bits per heavy atom. The molecule has 0 bridgehead atoms. The van der Waals surface area contributed by atoms with Crippen molar-refractivity contribution in [2.24, 2.45) is 0 Å². The molecule has 0 saturated heterocycles. The lowest BCUT2D eigenvalue weighted by atomic mass is 10.4. The predicted molar refractivity (Wildman–Crippen MR) is 86.9 cm³/mol. The number of pyridine rings is 1. The second-order valence-corrected chi connectivity index (χ2v) is 7.81. The highest BCUT2D eigenvalue weighted by molar-refractivity contribution is 9.10. The third-order valence-electron chi connectivity index (χ3n) is 2.55. The van der Waals surface area contributed by atoms with Gasteiger partial charge in [-0.2, -0.15) is 0 Å². The van der Waals surface area contributed by atoms with Crippen molar-refractivity contribution >= 4 is 43.1 Å². The lowest BCUT2D eigenvalue weighted by molar-refractivity contribution is 0.581. The molecule has 0 saturated carbocycles. The summed E-state index contributed by atoms with van der Waals surface area (Å²) in [5.41, 5.74) is 0. The fourth-order valence-corrected chi connectivity index (χ4v) is 3.85. The van der Waals surface area contributed by atoms with Gasteiger partial charge in [-0.25, -0.2) is 23.1 Å². The second-order valence-electron chi connectivity index (χ2n) is 4.18. The van der Waals surface area contributed by atoms with E-state index in [0.29, 0.717) is 21.8 Å². The smallest absolute Gasteiger partial charge is 0.244 e. The molecule has 0 fully saturated rings. The van der Waals surface area contributed by atoms with Crippen LogP contribution in [0.2, 0.25) is 0 Å². The number of nitrogens with one attached hydrogen (secondary N) is 2. The minimum absolute atomic E-state index is 0.127. The molecule has 9 heteroatoms. The summed E-state index contributed by atoms with van der Waals surface area (Å²) in [6.45, 7) is 2.82. The summed E-state index contributed by atoms with van der Waals surface area (Å²) < 4.78 is 28.0. The summed E-state index contributed by atoms with van der Waals surface area (Å²) in [4.78, 5) is 8.32. The molecule has 0 amide bonds. The molecular formula is C12H15BrN4O2S2. The first-order valence-corrected chi connectivity index (χ1v) is 9.46. The number of hydrogen-bond donors (Lipinski definition) is 2. The average Bonchev–Trinajstić information content (AvgIpc) is 2.97. The third-order valence-corrected chi connectivity index (χ3v) is 5.18. The summed E-state index contributed by atoms with van der Waals surface area (Å²) in [5.74, 6) is 0.353. The van der Waals surface area contributed by atoms with E-state index in [2.05, 4.69) is 35.9 Å². The molecular weight excluding hydrogens is 376 g/mol. The van der Waals surface area contributed by atoms with Gasteiger partial charge in [-0.05, 0) is 28.4 Å². The molecule has 0 atom stereocenters. The largest absolute Gasteiger partial charge is 0.369 e. The van der Waals surface area contributed by atoms with Crippen LogP contribution in [0.4, 0.5) is 5.82 Å². The van der Waals surface area contributed by atoms with E-state index in [1.54, 1.807) is 17.8 Å². The molecule has 2 aromatic rings. The zero-order valence-corrected chi connectivity index (χ0v) is 14.6. The summed E-state index contributed by atoms with van der Waals surface area (Å²) in [6, 6.07) is 1.54. The molecule has 0 aliphatic carbocycles. The van der Waals surface area contributed by atoms with Gasteiger partial charge in [-0.1, -0.05) is 6.92 Å². The molecule has 0 aromatic carbocycles. The summed E-state index contributed by atoms with van der Waals surface area (Å²) in [6.07, 6.45) is 4.09. The van der Waals surface area contributed by atoms with Gasteiger partial charge in [-0.15, -0.1) is 11.3 Å². The Kier molecular flexibility index (Phi) is 5.68. The topological polar surface area (TPSA) is 84.0 Å². The van der Waals surface area contributed by atoms with Gasteiger partial charge in [0.05, 0.1) is 6.54 Å². The Morgan fingerprint density at radius 3 is 2.86 bits per heavy atom. The van der Waals surface area contributed by atoms with Crippen molar-refractivity contribution in [2.45, 2.75) is 24.8 Å². The fraction of sp³-hybridized carbons (Fsp3) is 0.333. The van der Waals surface area contributed by atoms with Gasteiger partial charge < -0.3 is 5.32 Å². The Labute approximate surface area is 136 Å². The zero-order valence-electron chi connectivity index (χ0n) is 11.3. The van der Waals surface area contributed by atoms with Crippen LogP contribution in [0.5, 0.6) is 0 Å². The SMILES string of the molecule is CCCNc1ncc(Br)cc1S(=O)(=O)NCc1nccs1. The standard InChI is InChI=1S/C12H15BrN4O2S2/c1-2-3-15-12-10(6-9(13)7-16-12)21(18,19)17-8-11-14-4-5-20-11/h4-7,17H,2-3,8H2,1H3,(H,15,16). The first-order chi connectivity index (χ1) is 10.0. The van der Waals surface area contributed by atoms with E-state index >= 15 is 0 Å². The van der Waals surface area contributed by atoms with Crippen molar-refractivity contribution in [3.63, 3.8) is 0 Å². The number of anilines is 1. The maximum Gasteiger partial charge on any atom is 0.244 e. The average molecular weight is 391 g/mol. The maximum absolute atomic E-state index is 12.4. The molecule has 21 heavy (non-hydrogen) atoms. The highest BCUT2D eigenvalue weighted by atomic mass is 79.9. The monoisotopic (exact) mass is 390 g/mol. The lowest BCUT2D eigenvalue weighted by Crippen LogP contribution is -2.24. The Hall–Kier alpha value is -1.03. The highest BCUT2D eigenvalue weighted by Gasteiger charge is 2.20. The Balaban J connectivity index is 2.23. The molecule has 6 nitrogen and oxygen atoms in total. The van der Waals surface area contributed by atoms with Crippen molar-refractivity contribution in [1.82, 2.24) is 14.7 Å². The molecule has 2 N–H and O–H groups in total. The van der Waals surface area contributed by atoms with Crippen LogP contribution in [0.3, 0.4) is 0 Å². The van der Waals surface area contributed by atoms with Crippen LogP contribution in [0, 0.1) is 0 Å². The number of sulfonamides is 1. The van der Waals surface area contributed by atoms with E-state index in [-0.39, 0.29) is 11.4 Å². The maximum atomic E-state index is 12.4. The van der Waals surface area contributed by atoms with Crippen LogP contribution < -0.4 is 10.0 Å². The quantitative estimate of drug-likeness (QED) is 0.758. The van der Waals surface area contributed by atoms with Crippen LogP contribution in [-0.4, -0.2) is 24.9 Å². The van der Waals surface area contributed by atoms with Gasteiger partial charge in [0.25, 0.3) is 0 Å². The first kappa shape index (κ1) is 16.3. The number of aromatic nitrogens is 2. The van der Waals surface area contributed by atoms with Crippen molar-refractivity contribution in [2.75, 3.05) is 11.9 Å². The van der Waals surface area contributed by atoms with E-state index < -0.39 is 10.0 Å². The zero-order chi connectivity index (χ0) is 15.3. The van der Waals surface area contributed by atoms with E-state index in [1.807, 2.05) is 6.92 Å². The van der Waals surface area contributed by atoms with Crippen LogP contribution in [0.25, 0.3) is 0 Å². The van der Waals surface area contributed by atoms with Crippen molar-refractivity contribution < 1.29 is 8.42 Å². The van der Waals surface area contributed by atoms with E-state index in [9.17, 15) is 8.42 Å². The van der Waals surface area contributed by atoms with Gasteiger partial charge >= 0.3 is 0 Å². The second kappa shape index (κ2) is 7.30. The fourth-order valence-electron chi connectivity index (χ4n) is 1.58. The van der Waals surface area contributed by atoms with Gasteiger partial charge in [0.2, 0.25) is 10.0 Å².